The second-order valence-electron chi connectivity index (χ2n) is 7.95. The van der Waals surface area contributed by atoms with Crippen molar-refractivity contribution in [3.8, 4) is 16.9 Å². The number of rotatable bonds is 3. The summed E-state index contributed by atoms with van der Waals surface area (Å²) in [6.07, 6.45) is 5.78. The molecule has 152 valence electrons. The summed E-state index contributed by atoms with van der Waals surface area (Å²) in [6.45, 7) is 1.90. The Balaban J connectivity index is 1.43. The highest BCUT2D eigenvalue weighted by Gasteiger charge is 2.37. The Bertz CT molecular complexity index is 1140. The van der Waals surface area contributed by atoms with E-state index in [2.05, 4.69) is 9.97 Å². The molecule has 0 aliphatic carbocycles. The highest BCUT2D eigenvalue weighted by atomic mass is 16.5. The summed E-state index contributed by atoms with van der Waals surface area (Å²) in [4.78, 5) is 36.2. The molecule has 0 spiro atoms. The zero-order valence-corrected chi connectivity index (χ0v) is 16.7. The first-order valence-electron chi connectivity index (χ1n) is 10.1. The Morgan fingerprint density at radius 1 is 1.03 bits per heavy atom. The van der Waals surface area contributed by atoms with Gasteiger partial charge in [-0.25, -0.2) is 9.97 Å². The minimum absolute atomic E-state index is 0.00747. The van der Waals surface area contributed by atoms with Crippen molar-refractivity contribution in [1.82, 2.24) is 19.4 Å². The van der Waals surface area contributed by atoms with Crippen molar-refractivity contribution in [3.63, 3.8) is 0 Å². The summed E-state index contributed by atoms with van der Waals surface area (Å²) in [5.74, 6) is 1.18. The maximum atomic E-state index is 13.2. The molecule has 30 heavy (non-hydrogen) atoms. The van der Waals surface area contributed by atoms with Crippen molar-refractivity contribution < 1.29 is 9.53 Å². The number of hydrogen-bond donors (Lipinski definition) is 0. The number of nitrogens with zero attached hydrogens (tertiary/aromatic N) is 4. The zero-order chi connectivity index (χ0) is 20.7. The van der Waals surface area contributed by atoms with Gasteiger partial charge in [0, 0.05) is 54.8 Å². The molecule has 0 unspecified atom stereocenters. The van der Waals surface area contributed by atoms with E-state index in [4.69, 9.17) is 4.74 Å². The number of aromatic nitrogens is 3. The number of carbonyl (C=O) groups is 1. The fourth-order valence-corrected chi connectivity index (χ4v) is 4.69. The van der Waals surface area contributed by atoms with Gasteiger partial charge in [-0.2, -0.15) is 0 Å². The molecule has 4 heterocycles. The van der Waals surface area contributed by atoms with Crippen LogP contribution in [0.3, 0.4) is 0 Å². The van der Waals surface area contributed by atoms with Gasteiger partial charge in [0.1, 0.15) is 12.1 Å². The van der Waals surface area contributed by atoms with Crippen LogP contribution in [0.1, 0.15) is 28.4 Å². The first kappa shape index (κ1) is 18.5. The number of benzene rings is 1. The maximum Gasteiger partial charge on any atom is 0.258 e. The number of likely N-dealkylation sites (tertiary alicyclic amines) is 1. The monoisotopic (exact) mass is 402 g/mol. The third kappa shape index (κ3) is 3.16. The lowest BCUT2D eigenvalue weighted by Crippen LogP contribution is -2.49. The molecule has 7 heteroatoms. The number of carbonyl (C=O) groups excluding carboxylic acids is 1. The molecule has 2 aliphatic rings. The molecule has 2 atom stereocenters. The summed E-state index contributed by atoms with van der Waals surface area (Å²) in [7, 11) is 1.61. The molecule has 0 saturated carbocycles. The van der Waals surface area contributed by atoms with Gasteiger partial charge in [-0.3, -0.25) is 9.59 Å². The Labute approximate surface area is 174 Å². The number of hydrogen-bond acceptors (Lipinski definition) is 5. The normalized spacial score (nSPS) is 19.8. The fourth-order valence-electron chi connectivity index (χ4n) is 4.69. The summed E-state index contributed by atoms with van der Waals surface area (Å²) < 4.78 is 7.07. The van der Waals surface area contributed by atoms with Crippen LogP contribution in [0.5, 0.6) is 5.75 Å². The summed E-state index contributed by atoms with van der Waals surface area (Å²) in [5, 5.41) is 0. The predicted octanol–water partition coefficient (Wildman–Crippen LogP) is 2.57. The molecular formula is C23H22N4O3. The van der Waals surface area contributed by atoms with Crippen LogP contribution < -0.4 is 10.3 Å². The standard InChI is InChI=1S/C23H22N4O3/c1-30-19-4-2-16(3-5-19)22(28)26-11-15-8-17(13-26)21-7-6-20(23(29)27(21)12-15)18-9-24-14-25-10-18/h2-7,9-10,14-15,17H,8,11-13H2,1H3/t15-,17+/m0/s1. The summed E-state index contributed by atoms with van der Waals surface area (Å²) in [6, 6.07) is 11.1. The molecule has 1 saturated heterocycles. The van der Waals surface area contributed by atoms with E-state index >= 15 is 0 Å². The zero-order valence-electron chi connectivity index (χ0n) is 16.7. The average molecular weight is 402 g/mol. The minimum Gasteiger partial charge on any atom is -0.497 e. The van der Waals surface area contributed by atoms with E-state index in [1.807, 2.05) is 33.7 Å². The highest BCUT2D eigenvalue weighted by molar-refractivity contribution is 5.94. The lowest BCUT2D eigenvalue weighted by Gasteiger charge is -2.43. The van der Waals surface area contributed by atoms with Gasteiger partial charge in [0.25, 0.3) is 11.5 Å². The summed E-state index contributed by atoms with van der Waals surface area (Å²) in [5.41, 5.74) is 3.00. The maximum absolute atomic E-state index is 13.2. The third-order valence-electron chi connectivity index (χ3n) is 6.10. The fraction of sp³-hybridized carbons (Fsp3) is 0.304. The van der Waals surface area contributed by atoms with Gasteiger partial charge < -0.3 is 14.2 Å². The van der Waals surface area contributed by atoms with E-state index in [0.29, 0.717) is 30.8 Å². The summed E-state index contributed by atoms with van der Waals surface area (Å²) >= 11 is 0. The molecule has 1 amide bonds. The van der Waals surface area contributed by atoms with Crippen molar-refractivity contribution in [2.24, 2.45) is 5.92 Å². The number of ether oxygens (including phenoxy) is 1. The number of methoxy groups -OCH3 is 1. The first-order chi connectivity index (χ1) is 14.6. The van der Waals surface area contributed by atoms with Gasteiger partial charge in [-0.05, 0) is 48.7 Å². The minimum atomic E-state index is -0.00747. The Kier molecular flexibility index (Phi) is 4.58. The van der Waals surface area contributed by atoms with Crippen LogP contribution in [0.15, 0.2) is 59.9 Å². The van der Waals surface area contributed by atoms with Crippen LogP contribution in [-0.2, 0) is 6.54 Å². The van der Waals surface area contributed by atoms with Gasteiger partial charge in [0.15, 0.2) is 0 Å². The van der Waals surface area contributed by atoms with E-state index in [-0.39, 0.29) is 23.3 Å². The molecule has 2 bridgehead atoms. The SMILES string of the molecule is COc1ccc(C(=O)N2C[C@@H]3C[C@H](C2)c2ccc(-c4cncnc4)c(=O)n2C3)cc1. The van der Waals surface area contributed by atoms with E-state index in [1.165, 1.54) is 6.33 Å². The predicted molar refractivity (Wildman–Crippen MR) is 111 cm³/mol. The molecule has 2 aromatic heterocycles. The molecule has 2 aliphatic heterocycles. The topological polar surface area (TPSA) is 77.3 Å². The van der Waals surface area contributed by atoms with Gasteiger partial charge >= 0.3 is 0 Å². The van der Waals surface area contributed by atoms with Crippen LogP contribution >= 0.6 is 0 Å². The number of fused-ring (bicyclic) bond motifs is 4. The second kappa shape index (κ2) is 7.40. The van der Waals surface area contributed by atoms with Crippen LogP contribution in [0.25, 0.3) is 11.1 Å². The molecular weight excluding hydrogens is 380 g/mol. The van der Waals surface area contributed by atoms with Gasteiger partial charge in [0.2, 0.25) is 0 Å². The van der Waals surface area contributed by atoms with E-state index < -0.39 is 0 Å². The van der Waals surface area contributed by atoms with Gasteiger partial charge in [-0.1, -0.05) is 0 Å². The van der Waals surface area contributed by atoms with Gasteiger partial charge in [0.05, 0.1) is 12.7 Å². The molecule has 5 rings (SSSR count). The van der Waals surface area contributed by atoms with Gasteiger partial charge in [-0.15, -0.1) is 0 Å². The highest BCUT2D eigenvalue weighted by Crippen LogP contribution is 2.36. The third-order valence-corrected chi connectivity index (χ3v) is 6.10. The van der Waals surface area contributed by atoms with Crippen molar-refractivity contribution in [2.45, 2.75) is 18.9 Å². The number of pyridine rings is 1. The van der Waals surface area contributed by atoms with Crippen LogP contribution in [0, 0.1) is 5.92 Å². The molecule has 3 aromatic rings. The molecule has 1 aromatic carbocycles. The van der Waals surface area contributed by atoms with Crippen molar-refractivity contribution in [3.05, 3.63) is 76.7 Å². The number of piperidine rings is 1. The Hall–Kier alpha value is -3.48. The lowest BCUT2D eigenvalue weighted by molar-refractivity contribution is 0.0594. The number of amides is 1. The first-order valence-corrected chi connectivity index (χ1v) is 10.1. The molecule has 7 nitrogen and oxygen atoms in total. The van der Waals surface area contributed by atoms with Crippen molar-refractivity contribution in [1.29, 1.82) is 0 Å². The largest absolute Gasteiger partial charge is 0.497 e. The Morgan fingerprint density at radius 2 is 1.80 bits per heavy atom. The van der Waals surface area contributed by atoms with Crippen LogP contribution in [-0.4, -0.2) is 45.5 Å². The quantitative estimate of drug-likeness (QED) is 0.673. The second-order valence-corrected chi connectivity index (χ2v) is 7.95. The Morgan fingerprint density at radius 3 is 2.53 bits per heavy atom. The van der Waals surface area contributed by atoms with Crippen molar-refractivity contribution in [2.75, 3.05) is 20.2 Å². The molecule has 1 fully saturated rings. The van der Waals surface area contributed by atoms with Crippen LogP contribution in [0.2, 0.25) is 0 Å². The van der Waals surface area contributed by atoms with Crippen LogP contribution in [0.4, 0.5) is 0 Å². The van der Waals surface area contributed by atoms with Crippen molar-refractivity contribution >= 4 is 5.91 Å². The average Bonchev–Trinajstić information content (AvgIpc) is 2.80. The lowest BCUT2D eigenvalue weighted by atomic mass is 9.82. The van der Waals surface area contributed by atoms with E-state index in [9.17, 15) is 9.59 Å². The van der Waals surface area contributed by atoms with E-state index in [1.54, 1.807) is 31.6 Å². The molecule has 0 radical (unpaired) electrons. The smallest absolute Gasteiger partial charge is 0.258 e. The molecule has 0 N–H and O–H groups in total. The van der Waals surface area contributed by atoms with E-state index in [0.717, 1.165) is 23.4 Å².